The number of nitrogens with one attached hydrogen (secondary N) is 1. The summed E-state index contributed by atoms with van der Waals surface area (Å²) in [6.07, 6.45) is 6.83. The molecule has 3 heterocycles. The minimum atomic E-state index is -0.925. The summed E-state index contributed by atoms with van der Waals surface area (Å²) >= 11 is 0. The number of nitrogens with zero attached hydrogens (tertiary/aromatic N) is 5. The maximum absolute atomic E-state index is 14.0. The Kier molecular flexibility index (Phi) is 6.51. The van der Waals surface area contributed by atoms with Gasteiger partial charge in [-0.15, -0.1) is 5.10 Å². The number of aliphatic hydroxyl groups is 1. The number of fused-ring (bicyclic) bond motifs is 2. The average Bonchev–Trinajstić information content (AvgIpc) is 3.56. The summed E-state index contributed by atoms with van der Waals surface area (Å²) in [6.45, 7) is 3.20. The fourth-order valence-corrected chi connectivity index (χ4v) is 7.23. The van der Waals surface area contributed by atoms with Crippen LogP contribution in [0.4, 0.5) is 5.69 Å². The number of nitriles is 1. The van der Waals surface area contributed by atoms with Crippen molar-refractivity contribution in [2.75, 3.05) is 19.0 Å². The van der Waals surface area contributed by atoms with Crippen LogP contribution in [-0.4, -0.2) is 56.7 Å². The molecule has 1 aromatic heterocycles. The Morgan fingerprint density at radius 3 is 2.77 bits per heavy atom. The van der Waals surface area contributed by atoms with Crippen LogP contribution in [0, 0.1) is 29.2 Å². The van der Waals surface area contributed by atoms with Crippen molar-refractivity contribution in [3.8, 4) is 23.2 Å². The molecule has 3 aromatic rings. The highest BCUT2D eigenvalue weighted by Gasteiger charge is 2.57. The molecule has 0 bridgehead atoms. The molecule has 2 aromatic carbocycles. The topological polar surface area (TPSA) is 116 Å². The molecule has 6 rings (SSSR count). The third-order valence-corrected chi connectivity index (χ3v) is 9.44. The molecule has 9 nitrogen and oxygen atoms in total. The quantitative estimate of drug-likeness (QED) is 0.469. The summed E-state index contributed by atoms with van der Waals surface area (Å²) in [4.78, 5) is 15.8. The van der Waals surface area contributed by atoms with E-state index in [0.29, 0.717) is 31.8 Å². The van der Waals surface area contributed by atoms with Crippen LogP contribution in [0.1, 0.15) is 38.2 Å². The van der Waals surface area contributed by atoms with Gasteiger partial charge in [-0.2, -0.15) is 5.26 Å². The van der Waals surface area contributed by atoms with Gasteiger partial charge in [-0.1, -0.05) is 30.3 Å². The summed E-state index contributed by atoms with van der Waals surface area (Å²) in [5.74, 6) is 1.43. The Bertz CT molecular complexity index is 1400. The molecule has 0 radical (unpaired) electrons. The summed E-state index contributed by atoms with van der Waals surface area (Å²) in [7, 11) is 1.63. The number of benzene rings is 2. The van der Waals surface area contributed by atoms with Gasteiger partial charge in [-0.3, -0.25) is 9.48 Å². The number of likely N-dealkylation sites (tertiary alicyclic amines) is 1. The molecule has 39 heavy (non-hydrogen) atoms. The smallest absolute Gasteiger partial charge is 0.237 e. The fraction of sp³-hybridized carbons (Fsp3) is 0.467. The van der Waals surface area contributed by atoms with Gasteiger partial charge in [0.25, 0.3) is 0 Å². The summed E-state index contributed by atoms with van der Waals surface area (Å²) < 4.78 is 7.04. The number of methoxy groups -OCH3 is 1. The third kappa shape index (κ3) is 4.23. The second-order valence-corrected chi connectivity index (χ2v) is 11.2. The van der Waals surface area contributed by atoms with Crippen molar-refractivity contribution in [3.63, 3.8) is 0 Å². The zero-order chi connectivity index (χ0) is 27.1. The van der Waals surface area contributed by atoms with Crippen molar-refractivity contribution in [2.45, 2.75) is 56.7 Å². The minimum absolute atomic E-state index is 0.0769. The van der Waals surface area contributed by atoms with E-state index in [1.165, 1.54) is 0 Å². The number of anilines is 1. The second kappa shape index (κ2) is 10.0. The van der Waals surface area contributed by atoms with E-state index >= 15 is 0 Å². The van der Waals surface area contributed by atoms with Crippen LogP contribution < -0.4 is 10.1 Å². The lowest BCUT2D eigenvalue weighted by Crippen LogP contribution is -2.60. The lowest BCUT2D eigenvalue weighted by molar-refractivity contribution is -0.126. The molecule has 0 spiro atoms. The monoisotopic (exact) mass is 526 g/mol. The lowest BCUT2D eigenvalue weighted by atomic mass is 9.61. The van der Waals surface area contributed by atoms with Crippen LogP contribution in [0.5, 0.6) is 5.75 Å². The molecule has 6 atom stereocenters. The molecule has 0 unspecified atom stereocenters. The number of para-hydroxylation sites is 1. The minimum Gasteiger partial charge on any atom is -0.497 e. The zero-order valence-electron chi connectivity index (χ0n) is 22.3. The van der Waals surface area contributed by atoms with Crippen molar-refractivity contribution >= 4 is 11.6 Å². The predicted molar refractivity (Wildman–Crippen MR) is 145 cm³/mol. The van der Waals surface area contributed by atoms with Gasteiger partial charge < -0.3 is 20.1 Å². The van der Waals surface area contributed by atoms with Gasteiger partial charge in [0.05, 0.1) is 30.9 Å². The van der Waals surface area contributed by atoms with E-state index in [1.54, 1.807) is 11.8 Å². The SMILES string of the molecule is COc1ccc(-c2cn(CC[C@]3([C@@H]4C[C@H]5[C@@H](CC[C@H](O)[C@@H]5C)CN4C#N)C(=O)Nc4ccccc43)nn2)cc1. The van der Waals surface area contributed by atoms with Crippen LogP contribution in [0.3, 0.4) is 0 Å². The van der Waals surface area contributed by atoms with Crippen LogP contribution in [0.15, 0.2) is 54.7 Å². The Morgan fingerprint density at radius 2 is 2.00 bits per heavy atom. The lowest BCUT2D eigenvalue weighted by Gasteiger charge is -2.52. The molecule has 1 aliphatic carbocycles. The number of hydrogen-bond donors (Lipinski definition) is 2. The predicted octanol–water partition coefficient (Wildman–Crippen LogP) is 3.81. The average molecular weight is 527 g/mol. The molecule has 2 aliphatic heterocycles. The van der Waals surface area contributed by atoms with Crippen LogP contribution in [0.2, 0.25) is 0 Å². The van der Waals surface area contributed by atoms with Gasteiger partial charge in [0.1, 0.15) is 11.4 Å². The van der Waals surface area contributed by atoms with E-state index in [-0.39, 0.29) is 29.9 Å². The second-order valence-electron chi connectivity index (χ2n) is 11.2. The number of carbonyl (C=O) groups excluding carboxylic acids is 1. The van der Waals surface area contributed by atoms with Crippen LogP contribution in [0.25, 0.3) is 11.3 Å². The molecule has 9 heteroatoms. The highest BCUT2D eigenvalue weighted by atomic mass is 16.5. The van der Waals surface area contributed by atoms with E-state index in [4.69, 9.17) is 4.74 Å². The van der Waals surface area contributed by atoms with Gasteiger partial charge in [0, 0.05) is 24.3 Å². The molecule has 2 N–H and O–H groups in total. The largest absolute Gasteiger partial charge is 0.497 e. The Morgan fingerprint density at radius 1 is 1.21 bits per heavy atom. The first-order chi connectivity index (χ1) is 18.9. The normalized spacial score (nSPS) is 29.7. The number of aromatic nitrogens is 3. The van der Waals surface area contributed by atoms with Crippen molar-refractivity contribution in [2.24, 2.45) is 17.8 Å². The maximum atomic E-state index is 14.0. The number of hydrogen-bond acceptors (Lipinski definition) is 7. The molecule has 2 fully saturated rings. The highest BCUT2D eigenvalue weighted by molar-refractivity contribution is 6.07. The summed E-state index contributed by atoms with van der Waals surface area (Å²) in [5.41, 5.74) is 2.48. The number of rotatable bonds is 6. The third-order valence-electron chi connectivity index (χ3n) is 9.44. The Balaban J connectivity index is 1.34. The molecular weight excluding hydrogens is 492 g/mol. The number of ether oxygens (including phenoxy) is 1. The Labute approximate surface area is 228 Å². The van der Waals surface area contributed by atoms with Gasteiger partial charge in [0.2, 0.25) is 5.91 Å². The summed E-state index contributed by atoms with van der Waals surface area (Å²) in [5, 5.41) is 32.8. The molecule has 1 amide bonds. The highest BCUT2D eigenvalue weighted by Crippen LogP contribution is 2.51. The van der Waals surface area contributed by atoms with E-state index in [1.807, 2.05) is 59.6 Å². The first-order valence-corrected chi connectivity index (χ1v) is 13.7. The number of aryl methyl sites for hydroxylation is 1. The van der Waals surface area contributed by atoms with E-state index in [9.17, 15) is 15.2 Å². The number of carbonyl (C=O) groups is 1. The molecular formula is C30H34N6O3. The number of piperidine rings is 1. The van der Waals surface area contributed by atoms with Crippen molar-refractivity contribution in [3.05, 3.63) is 60.3 Å². The van der Waals surface area contributed by atoms with Gasteiger partial charge >= 0.3 is 0 Å². The van der Waals surface area contributed by atoms with Crippen LogP contribution in [-0.2, 0) is 16.8 Å². The molecule has 1 saturated carbocycles. The van der Waals surface area contributed by atoms with E-state index in [0.717, 1.165) is 41.1 Å². The van der Waals surface area contributed by atoms with Crippen molar-refractivity contribution in [1.82, 2.24) is 19.9 Å². The summed E-state index contributed by atoms with van der Waals surface area (Å²) in [6, 6.07) is 15.2. The standard InChI is InChI=1S/C30H34N6O3/c1-19-23-15-28(35(18-31)16-21(23)9-12-27(19)37)30(24-5-3-4-6-25(24)32-29(30)38)13-14-36-17-26(33-34-36)20-7-10-22(39-2)11-8-20/h3-8,10-11,17,19,21,23,27-28,37H,9,12-16H2,1-2H3,(H,32,38)/t19-,21+,23-,27+,28+,30+/m1/s1. The molecule has 1 saturated heterocycles. The molecule has 202 valence electrons. The van der Waals surface area contributed by atoms with Crippen LogP contribution >= 0.6 is 0 Å². The van der Waals surface area contributed by atoms with E-state index < -0.39 is 5.41 Å². The zero-order valence-corrected chi connectivity index (χ0v) is 22.3. The number of amides is 1. The molecule has 3 aliphatic rings. The van der Waals surface area contributed by atoms with Gasteiger partial charge in [-0.25, -0.2) is 0 Å². The van der Waals surface area contributed by atoms with Gasteiger partial charge in [-0.05, 0) is 79.3 Å². The van der Waals surface area contributed by atoms with E-state index in [2.05, 4.69) is 28.7 Å². The first-order valence-electron chi connectivity index (χ1n) is 13.7. The van der Waals surface area contributed by atoms with Crippen molar-refractivity contribution in [1.29, 1.82) is 5.26 Å². The number of aliphatic hydroxyl groups excluding tert-OH is 1. The Hall–Kier alpha value is -3.90. The fourth-order valence-electron chi connectivity index (χ4n) is 7.23. The van der Waals surface area contributed by atoms with Crippen molar-refractivity contribution < 1.29 is 14.6 Å². The maximum Gasteiger partial charge on any atom is 0.237 e. The van der Waals surface area contributed by atoms with Gasteiger partial charge in [0.15, 0.2) is 6.19 Å². The first kappa shape index (κ1) is 25.4.